The lowest BCUT2D eigenvalue weighted by molar-refractivity contribution is 0.187. The fourth-order valence-corrected chi connectivity index (χ4v) is 2.37. The molecule has 0 saturated heterocycles. The summed E-state index contributed by atoms with van der Waals surface area (Å²) in [5.41, 5.74) is 3.08. The highest BCUT2D eigenvalue weighted by atomic mass is 32.1. The van der Waals surface area contributed by atoms with Crippen LogP contribution in [0, 0.1) is 5.41 Å². The Labute approximate surface area is 102 Å². The third kappa shape index (κ3) is 3.85. The third-order valence-electron chi connectivity index (χ3n) is 2.81. The maximum atomic E-state index is 9.09. The van der Waals surface area contributed by atoms with E-state index in [1.54, 1.807) is 11.3 Å². The van der Waals surface area contributed by atoms with E-state index in [0.29, 0.717) is 6.04 Å². The number of nitrogens with zero attached hydrogens (tertiary/aromatic N) is 1. The second kappa shape index (κ2) is 5.75. The second-order valence-electron chi connectivity index (χ2n) is 5.23. The fourth-order valence-electron chi connectivity index (χ4n) is 1.72. The molecule has 0 bridgehead atoms. The zero-order valence-corrected chi connectivity index (χ0v) is 11.3. The highest BCUT2D eigenvalue weighted by Gasteiger charge is 2.25. The molecular formula is C12H22N2OS. The standard InChI is InChI=1S/C12H22N2OS/c1-9(10-7-16-8-13-10)14-11(5-6-15)12(2,3)4/h7-9,11,14-15H,5-6H2,1-4H3. The summed E-state index contributed by atoms with van der Waals surface area (Å²) in [6.45, 7) is 8.90. The first kappa shape index (κ1) is 13.6. The van der Waals surface area contributed by atoms with Gasteiger partial charge in [0.2, 0.25) is 0 Å². The first-order valence-corrected chi connectivity index (χ1v) is 6.64. The molecule has 0 aliphatic heterocycles. The van der Waals surface area contributed by atoms with Crippen LogP contribution in [-0.4, -0.2) is 22.7 Å². The van der Waals surface area contributed by atoms with Gasteiger partial charge in [0, 0.05) is 24.1 Å². The fraction of sp³-hybridized carbons (Fsp3) is 0.750. The molecule has 0 aliphatic rings. The van der Waals surface area contributed by atoms with Crippen LogP contribution < -0.4 is 5.32 Å². The van der Waals surface area contributed by atoms with Gasteiger partial charge in [-0.05, 0) is 18.8 Å². The van der Waals surface area contributed by atoms with E-state index in [9.17, 15) is 0 Å². The van der Waals surface area contributed by atoms with E-state index in [1.165, 1.54) is 0 Å². The van der Waals surface area contributed by atoms with Crippen LogP contribution in [0.1, 0.15) is 45.9 Å². The predicted molar refractivity (Wildman–Crippen MR) is 68.6 cm³/mol. The smallest absolute Gasteiger partial charge is 0.0795 e. The molecule has 1 rings (SSSR count). The van der Waals surface area contributed by atoms with Crippen molar-refractivity contribution in [2.45, 2.75) is 46.2 Å². The van der Waals surface area contributed by atoms with Crippen LogP contribution in [0.2, 0.25) is 0 Å². The van der Waals surface area contributed by atoms with E-state index in [-0.39, 0.29) is 18.1 Å². The van der Waals surface area contributed by atoms with Gasteiger partial charge in [-0.15, -0.1) is 11.3 Å². The van der Waals surface area contributed by atoms with Gasteiger partial charge in [-0.2, -0.15) is 0 Å². The minimum atomic E-state index is 0.146. The molecule has 4 heteroatoms. The quantitative estimate of drug-likeness (QED) is 0.834. The minimum Gasteiger partial charge on any atom is -0.396 e. The van der Waals surface area contributed by atoms with Crippen molar-refractivity contribution < 1.29 is 5.11 Å². The summed E-state index contributed by atoms with van der Waals surface area (Å²) in [4.78, 5) is 4.30. The van der Waals surface area contributed by atoms with Gasteiger partial charge in [0.1, 0.15) is 0 Å². The molecule has 1 aromatic rings. The highest BCUT2D eigenvalue weighted by molar-refractivity contribution is 7.07. The maximum Gasteiger partial charge on any atom is 0.0795 e. The maximum absolute atomic E-state index is 9.09. The van der Waals surface area contributed by atoms with E-state index in [1.807, 2.05) is 5.51 Å². The zero-order valence-electron chi connectivity index (χ0n) is 10.5. The first-order chi connectivity index (χ1) is 7.45. The molecule has 0 spiro atoms. The summed E-state index contributed by atoms with van der Waals surface area (Å²) < 4.78 is 0. The number of nitrogens with one attached hydrogen (secondary N) is 1. The van der Waals surface area contributed by atoms with E-state index < -0.39 is 0 Å². The number of aromatic nitrogens is 1. The molecule has 0 aromatic carbocycles. The van der Waals surface area contributed by atoms with Crippen LogP contribution in [0.15, 0.2) is 10.9 Å². The molecule has 1 aromatic heterocycles. The Hall–Kier alpha value is -0.450. The van der Waals surface area contributed by atoms with E-state index in [2.05, 4.69) is 43.4 Å². The van der Waals surface area contributed by atoms with Gasteiger partial charge in [0.05, 0.1) is 11.2 Å². The number of rotatable bonds is 5. The summed E-state index contributed by atoms with van der Waals surface area (Å²) in [5, 5.41) is 14.7. The van der Waals surface area contributed by atoms with E-state index in [4.69, 9.17) is 5.11 Å². The Balaban J connectivity index is 2.62. The van der Waals surface area contributed by atoms with Gasteiger partial charge in [0.25, 0.3) is 0 Å². The van der Waals surface area contributed by atoms with Gasteiger partial charge in [-0.1, -0.05) is 20.8 Å². The average molecular weight is 242 g/mol. The van der Waals surface area contributed by atoms with Gasteiger partial charge in [0.15, 0.2) is 0 Å². The largest absolute Gasteiger partial charge is 0.396 e. The van der Waals surface area contributed by atoms with Crippen LogP contribution in [0.5, 0.6) is 0 Å². The summed E-state index contributed by atoms with van der Waals surface area (Å²) in [5.74, 6) is 0. The molecule has 2 atom stereocenters. The number of hydrogen-bond donors (Lipinski definition) is 2. The van der Waals surface area contributed by atoms with E-state index >= 15 is 0 Å². The van der Waals surface area contributed by atoms with Gasteiger partial charge >= 0.3 is 0 Å². The Morgan fingerprint density at radius 2 is 2.19 bits per heavy atom. The monoisotopic (exact) mass is 242 g/mol. The first-order valence-electron chi connectivity index (χ1n) is 5.70. The molecule has 1 heterocycles. The molecule has 2 N–H and O–H groups in total. The van der Waals surface area contributed by atoms with Crippen molar-refractivity contribution in [3.05, 3.63) is 16.6 Å². The highest BCUT2D eigenvalue weighted by Crippen LogP contribution is 2.24. The molecule has 0 radical (unpaired) electrons. The van der Waals surface area contributed by atoms with Crippen LogP contribution in [0.25, 0.3) is 0 Å². The summed E-state index contributed by atoms with van der Waals surface area (Å²) in [7, 11) is 0. The van der Waals surface area contributed by atoms with Crippen molar-refractivity contribution >= 4 is 11.3 Å². The zero-order chi connectivity index (χ0) is 12.2. The van der Waals surface area contributed by atoms with Crippen molar-refractivity contribution in [1.82, 2.24) is 10.3 Å². The number of hydrogen-bond acceptors (Lipinski definition) is 4. The Morgan fingerprint density at radius 3 is 2.62 bits per heavy atom. The second-order valence-corrected chi connectivity index (χ2v) is 5.95. The Kier molecular flexibility index (Phi) is 4.89. The average Bonchev–Trinajstić information content (AvgIpc) is 2.68. The molecular weight excluding hydrogens is 220 g/mol. The van der Waals surface area contributed by atoms with Gasteiger partial charge < -0.3 is 10.4 Å². The van der Waals surface area contributed by atoms with Crippen molar-refractivity contribution in [3.8, 4) is 0 Å². The number of thiazole rings is 1. The van der Waals surface area contributed by atoms with E-state index in [0.717, 1.165) is 12.1 Å². The Bertz CT molecular complexity index is 292. The molecule has 0 fully saturated rings. The molecule has 92 valence electrons. The van der Waals surface area contributed by atoms with Gasteiger partial charge in [-0.3, -0.25) is 0 Å². The van der Waals surface area contributed by atoms with Crippen molar-refractivity contribution in [2.24, 2.45) is 5.41 Å². The summed E-state index contributed by atoms with van der Waals surface area (Å²) in [6, 6.07) is 0.538. The molecule has 0 amide bonds. The molecule has 0 saturated carbocycles. The third-order valence-corrected chi connectivity index (χ3v) is 3.41. The number of aliphatic hydroxyl groups excluding tert-OH is 1. The predicted octanol–water partition coefficient (Wildman–Crippen LogP) is 2.59. The lowest BCUT2D eigenvalue weighted by Crippen LogP contribution is -2.42. The SMILES string of the molecule is CC(NC(CCO)C(C)(C)C)c1cscn1. The van der Waals surface area contributed by atoms with Crippen LogP contribution in [-0.2, 0) is 0 Å². The van der Waals surface area contributed by atoms with Crippen LogP contribution in [0.4, 0.5) is 0 Å². The normalized spacial score (nSPS) is 16.1. The van der Waals surface area contributed by atoms with Crippen LogP contribution in [0.3, 0.4) is 0 Å². The van der Waals surface area contributed by atoms with Crippen molar-refractivity contribution in [3.63, 3.8) is 0 Å². The Morgan fingerprint density at radius 1 is 1.50 bits per heavy atom. The van der Waals surface area contributed by atoms with Gasteiger partial charge in [-0.25, -0.2) is 4.98 Å². The summed E-state index contributed by atoms with van der Waals surface area (Å²) >= 11 is 1.62. The molecule has 16 heavy (non-hydrogen) atoms. The van der Waals surface area contributed by atoms with Crippen molar-refractivity contribution in [2.75, 3.05) is 6.61 Å². The topological polar surface area (TPSA) is 45.1 Å². The lowest BCUT2D eigenvalue weighted by Gasteiger charge is -2.33. The minimum absolute atomic E-state index is 0.146. The van der Waals surface area contributed by atoms with Crippen molar-refractivity contribution in [1.29, 1.82) is 0 Å². The molecule has 2 unspecified atom stereocenters. The summed E-state index contributed by atoms with van der Waals surface area (Å²) in [6.07, 6.45) is 0.776. The lowest BCUT2D eigenvalue weighted by atomic mass is 9.84. The molecule has 0 aliphatic carbocycles. The molecule has 3 nitrogen and oxygen atoms in total. The number of aliphatic hydroxyl groups is 1. The van der Waals surface area contributed by atoms with Crippen LogP contribution >= 0.6 is 11.3 Å².